The van der Waals surface area contributed by atoms with E-state index in [4.69, 9.17) is 21.1 Å². The van der Waals surface area contributed by atoms with Gasteiger partial charge in [0.2, 0.25) is 5.91 Å². The van der Waals surface area contributed by atoms with Crippen molar-refractivity contribution in [3.8, 4) is 0 Å². The Balaban J connectivity index is 1.68. The minimum absolute atomic E-state index is 0.00628. The van der Waals surface area contributed by atoms with E-state index in [1.807, 2.05) is 0 Å². The zero-order valence-corrected chi connectivity index (χ0v) is 12.9. The molecule has 1 heterocycles. The van der Waals surface area contributed by atoms with Crippen molar-refractivity contribution in [2.75, 3.05) is 0 Å². The number of nitrogens with one attached hydrogen (secondary N) is 1. The lowest BCUT2D eigenvalue weighted by Gasteiger charge is -2.13. The van der Waals surface area contributed by atoms with Crippen molar-refractivity contribution in [2.45, 2.75) is 31.8 Å². The second kappa shape index (κ2) is 6.08. The molecule has 8 heteroatoms. The van der Waals surface area contributed by atoms with E-state index in [9.17, 15) is 14.4 Å². The second-order valence-corrected chi connectivity index (χ2v) is 6.04. The van der Waals surface area contributed by atoms with Crippen LogP contribution >= 0.6 is 11.6 Å². The van der Waals surface area contributed by atoms with E-state index < -0.39 is 23.7 Å². The van der Waals surface area contributed by atoms with Gasteiger partial charge in [-0.25, -0.2) is 9.59 Å². The van der Waals surface area contributed by atoms with Gasteiger partial charge in [0, 0.05) is 24.1 Å². The lowest BCUT2D eigenvalue weighted by Crippen LogP contribution is -2.42. The Labute approximate surface area is 135 Å². The van der Waals surface area contributed by atoms with Gasteiger partial charge in [0.05, 0.1) is 5.52 Å². The highest BCUT2D eigenvalue weighted by molar-refractivity contribution is 6.31. The second-order valence-electron chi connectivity index (χ2n) is 5.60. The number of amides is 1. The van der Waals surface area contributed by atoms with Crippen molar-refractivity contribution in [3.63, 3.8) is 0 Å². The SMILES string of the molecule is O=C(CCn1c(=O)oc2cc(Cl)ccc21)NC(C(=O)O)C1CC1. The highest BCUT2D eigenvalue weighted by atomic mass is 35.5. The predicted octanol–water partition coefficient (Wildman–Crippen LogP) is 1.62. The minimum Gasteiger partial charge on any atom is -0.480 e. The van der Waals surface area contributed by atoms with Gasteiger partial charge in [-0.2, -0.15) is 0 Å². The van der Waals surface area contributed by atoms with Crippen molar-refractivity contribution >= 4 is 34.6 Å². The molecule has 7 nitrogen and oxygen atoms in total. The smallest absolute Gasteiger partial charge is 0.419 e. The number of carboxylic acid groups (broad SMARTS) is 1. The predicted molar refractivity (Wildman–Crippen MR) is 82.4 cm³/mol. The Bertz CT molecular complexity index is 821. The quantitative estimate of drug-likeness (QED) is 0.833. The summed E-state index contributed by atoms with van der Waals surface area (Å²) in [6.07, 6.45) is 1.61. The van der Waals surface area contributed by atoms with Crippen LogP contribution in [0.1, 0.15) is 19.3 Å². The number of oxazole rings is 1. The molecule has 2 N–H and O–H groups in total. The molecule has 1 fully saturated rings. The van der Waals surface area contributed by atoms with E-state index >= 15 is 0 Å². The first-order chi connectivity index (χ1) is 11.0. The van der Waals surface area contributed by atoms with Crippen LogP contribution in [0.3, 0.4) is 0 Å². The summed E-state index contributed by atoms with van der Waals surface area (Å²) in [5.41, 5.74) is 0.897. The van der Waals surface area contributed by atoms with Gasteiger partial charge < -0.3 is 14.8 Å². The van der Waals surface area contributed by atoms with Crippen molar-refractivity contribution in [1.29, 1.82) is 0 Å². The van der Waals surface area contributed by atoms with Crippen LogP contribution in [0.15, 0.2) is 27.4 Å². The van der Waals surface area contributed by atoms with E-state index in [1.165, 1.54) is 10.6 Å². The van der Waals surface area contributed by atoms with Crippen molar-refractivity contribution in [3.05, 3.63) is 33.8 Å². The fourth-order valence-corrected chi connectivity index (χ4v) is 2.68. The fraction of sp³-hybridized carbons (Fsp3) is 0.400. The molecule has 1 aromatic carbocycles. The average molecular weight is 339 g/mol. The monoisotopic (exact) mass is 338 g/mol. The summed E-state index contributed by atoms with van der Waals surface area (Å²) in [4.78, 5) is 34.9. The molecular formula is C15H15ClN2O5. The number of rotatable bonds is 6. The van der Waals surface area contributed by atoms with Gasteiger partial charge in [-0.15, -0.1) is 0 Å². The van der Waals surface area contributed by atoms with Gasteiger partial charge in [-0.3, -0.25) is 9.36 Å². The molecule has 1 aliphatic rings. The molecule has 0 saturated heterocycles. The van der Waals surface area contributed by atoms with Crippen molar-refractivity contribution in [2.24, 2.45) is 5.92 Å². The topological polar surface area (TPSA) is 102 Å². The number of aromatic nitrogens is 1. The molecule has 23 heavy (non-hydrogen) atoms. The summed E-state index contributed by atoms with van der Waals surface area (Å²) < 4.78 is 6.41. The van der Waals surface area contributed by atoms with Crippen LogP contribution in [0, 0.1) is 5.92 Å². The van der Waals surface area contributed by atoms with E-state index in [-0.39, 0.29) is 18.9 Å². The third-order valence-electron chi connectivity index (χ3n) is 3.87. The first-order valence-electron chi connectivity index (χ1n) is 7.27. The number of carbonyl (C=O) groups is 2. The highest BCUT2D eigenvalue weighted by Crippen LogP contribution is 2.32. The van der Waals surface area contributed by atoms with E-state index in [0.717, 1.165) is 12.8 Å². The Hall–Kier alpha value is -2.28. The number of fused-ring (bicyclic) bond motifs is 1. The average Bonchev–Trinajstić information content (AvgIpc) is 3.26. The zero-order chi connectivity index (χ0) is 16.6. The van der Waals surface area contributed by atoms with Crippen LogP contribution in [0.5, 0.6) is 0 Å². The maximum absolute atomic E-state index is 11.9. The lowest BCUT2D eigenvalue weighted by atomic mass is 10.2. The third-order valence-corrected chi connectivity index (χ3v) is 4.10. The number of aliphatic carboxylic acids is 1. The molecule has 1 unspecified atom stereocenters. The number of hydrogen-bond acceptors (Lipinski definition) is 4. The van der Waals surface area contributed by atoms with Gasteiger partial charge in [0.1, 0.15) is 6.04 Å². The van der Waals surface area contributed by atoms with Crippen LogP contribution in [-0.2, 0) is 16.1 Å². The summed E-state index contributed by atoms with van der Waals surface area (Å²) in [7, 11) is 0. The number of benzene rings is 1. The summed E-state index contributed by atoms with van der Waals surface area (Å²) in [6, 6.07) is 3.95. The normalized spacial score (nSPS) is 15.5. The molecular weight excluding hydrogens is 324 g/mol. The largest absolute Gasteiger partial charge is 0.480 e. The Morgan fingerprint density at radius 1 is 1.43 bits per heavy atom. The summed E-state index contributed by atoms with van der Waals surface area (Å²) in [6.45, 7) is 0.107. The van der Waals surface area contributed by atoms with Gasteiger partial charge in [0.15, 0.2) is 5.58 Å². The number of carbonyl (C=O) groups excluding carboxylic acids is 1. The first kappa shape index (κ1) is 15.6. The first-order valence-corrected chi connectivity index (χ1v) is 7.64. The molecule has 0 aliphatic heterocycles. The molecule has 1 saturated carbocycles. The van der Waals surface area contributed by atoms with Crippen LogP contribution in [0.25, 0.3) is 11.1 Å². The number of aryl methyl sites for hydroxylation is 1. The van der Waals surface area contributed by atoms with E-state index in [2.05, 4.69) is 5.32 Å². The lowest BCUT2D eigenvalue weighted by molar-refractivity contribution is -0.142. The van der Waals surface area contributed by atoms with Gasteiger partial charge in [0.25, 0.3) is 0 Å². The maximum Gasteiger partial charge on any atom is 0.419 e. The maximum atomic E-state index is 11.9. The minimum atomic E-state index is -1.03. The molecule has 2 aromatic rings. The molecule has 122 valence electrons. The van der Waals surface area contributed by atoms with Crippen molar-refractivity contribution in [1.82, 2.24) is 9.88 Å². The number of hydrogen-bond donors (Lipinski definition) is 2. The Morgan fingerprint density at radius 3 is 2.83 bits per heavy atom. The zero-order valence-electron chi connectivity index (χ0n) is 12.1. The number of halogens is 1. The summed E-state index contributed by atoms with van der Waals surface area (Å²) >= 11 is 5.84. The van der Waals surface area contributed by atoms with Gasteiger partial charge >= 0.3 is 11.7 Å². The molecule has 0 bridgehead atoms. The molecule has 0 radical (unpaired) electrons. The van der Waals surface area contributed by atoms with Gasteiger partial charge in [-0.1, -0.05) is 11.6 Å². The standard InChI is InChI=1S/C15H15ClN2O5/c16-9-3-4-10-11(7-9)23-15(22)18(10)6-5-12(19)17-13(14(20)21)8-1-2-8/h3-4,7-8,13H,1-2,5-6H2,(H,17,19)(H,20,21). The Morgan fingerprint density at radius 2 is 2.17 bits per heavy atom. The van der Waals surface area contributed by atoms with Crippen LogP contribution < -0.4 is 11.1 Å². The third kappa shape index (κ3) is 3.39. The molecule has 0 spiro atoms. The van der Waals surface area contributed by atoms with Crippen LogP contribution in [0.4, 0.5) is 0 Å². The molecule has 1 atom stereocenters. The van der Waals surface area contributed by atoms with Crippen molar-refractivity contribution < 1.29 is 19.1 Å². The number of carboxylic acids is 1. The highest BCUT2D eigenvalue weighted by Gasteiger charge is 2.37. The Kier molecular flexibility index (Phi) is 4.12. The molecule has 1 aliphatic carbocycles. The van der Waals surface area contributed by atoms with Crippen LogP contribution in [0.2, 0.25) is 5.02 Å². The summed E-state index contributed by atoms with van der Waals surface area (Å²) in [5.74, 6) is -2.00. The number of nitrogens with zero attached hydrogens (tertiary/aromatic N) is 1. The molecule has 1 aromatic heterocycles. The van der Waals surface area contributed by atoms with E-state index in [1.54, 1.807) is 12.1 Å². The summed E-state index contributed by atoms with van der Waals surface area (Å²) in [5, 5.41) is 12.1. The van der Waals surface area contributed by atoms with E-state index in [0.29, 0.717) is 16.1 Å². The molecule has 3 rings (SSSR count). The van der Waals surface area contributed by atoms with Crippen LogP contribution in [-0.4, -0.2) is 27.6 Å². The fourth-order valence-electron chi connectivity index (χ4n) is 2.52. The van der Waals surface area contributed by atoms with Gasteiger partial charge in [-0.05, 0) is 30.9 Å². The molecule has 1 amide bonds.